The number of anilines is 2. The van der Waals surface area contributed by atoms with Crippen molar-refractivity contribution < 1.29 is 27.7 Å². The number of hydrogen-bond donors (Lipinski definition) is 2. The second-order valence-electron chi connectivity index (χ2n) is 15.2. The van der Waals surface area contributed by atoms with Gasteiger partial charge in [-0.25, -0.2) is 17.9 Å². The monoisotopic (exact) mass is 831 g/mol. The van der Waals surface area contributed by atoms with Gasteiger partial charge in [0.15, 0.2) is 0 Å². The number of morpholine rings is 1. The number of nitrogens with one attached hydrogen (secondary N) is 2. The topological polar surface area (TPSA) is 158 Å². The van der Waals surface area contributed by atoms with E-state index in [1.807, 2.05) is 60.2 Å². The van der Waals surface area contributed by atoms with Crippen LogP contribution in [0.15, 0.2) is 132 Å². The summed E-state index contributed by atoms with van der Waals surface area (Å²) in [5.74, 6) is -0.884. The molecule has 2 heterocycles. The minimum atomic E-state index is -4.54. The molecule has 2 fully saturated rings. The fourth-order valence-electron chi connectivity index (χ4n) is 7.77. The van der Waals surface area contributed by atoms with E-state index in [4.69, 9.17) is 4.74 Å². The summed E-state index contributed by atoms with van der Waals surface area (Å²) in [4.78, 5) is 46.3. The zero-order chi connectivity index (χ0) is 42.3. The van der Waals surface area contributed by atoms with Crippen LogP contribution in [0.5, 0.6) is 0 Å². The number of piperazine rings is 1. The minimum absolute atomic E-state index is 0.110. The molecule has 14 nitrogen and oxygen atoms in total. The van der Waals surface area contributed by atoms with E-state index in [9.17, 15) is 28.1 Å². The third-order valence-corrected chi connectivity index (χ3v) is 12.7. The number of rotatable bonds is 13. The summed E-state index contributed by atoms with van der Waals surface area (Å²) >= 11 is 0. The third-order valence-electron chi connectivity index (χ3n) is 11.4. The number of nitro benzene ring substituents is 1. The molecule has 2 aliphatic heterocycles. The van der Waals surface area contributed by atoms with E-state index >= 15 is 0 Å². The van der Waals surface area contributed by atoms with Crippen molar-refractivity contribution in [2.24, 2.45) is 0 Å². The van der Waals surface area contributed by atoms with Gasteiger partial charge in [-0.15, -0.1) is 0 Å². The first-order valence-corrected chi connectivity index (χ1v) is 21.4. The Hall–Kier alpha value is -6.13. The smallest absolute Gasteiger partial charge is 0.322 e. The molecule has 312 valence electrons. The maximum Gasteiger partial charge on any atom is 0.322 e. The number of ether oxygens (including phenoxy) is 1. The van der Waals surface area contributed by atoms with Gasteiger partial charge in [-0.2, -0.15) is 0 Å². The van der Waals surface area contributed by atoms with Crippen LogP contribution < -0.4 is 14.9 Å². The molecule has 15 heteroatoms. The highest BCUT2D eigenvalue weighted by molar-refractivity contribution is 7.90. The summed E-state index contributed by atoms with van der Waals surface area (Å²) < 4.78 is 34.4. The van der Waals surface area contributed by atoms with Gasteiger partial charge in [-0.3, -0.25) is 24.7 Å². The van der Waals surface area contributed by atoms with Crippen molar-refractivity contribution in [3.63, 3.8) is 0 Å². The van der Waals surface area contributed by atoms with E-state index in [2.05, 4.69) is 56.4 Å². The van der Waals surface area contributed by atoms with E-state index in [0.29, 0.717) is 32.8 Å². The lowest BCUT2D eigenvalue weighted by Gasteiger charge is -2.43. The zero-order valence-electron chi connectivity index (χ0n) is 33.7. The van der Waals surface area contributed by atoms with Crippen LogP contribution in [-0.2, 0) is 26.8 Å². The molecular weight excluding hydrogens is 783 g/mol. The molecule has 2 aliphatic rings. The van der Waals surface area contributed by atoms with Crippen molar-refractivity contribution in [1.29, 1.82) is 0 Å². The second kappa shape index (κ2) is 18.4. The Labute approximate surface area is 350 Å². The van der Waals surface area contributed by atoms with Crippen molar-refractivity contribution in [3.05, 3.63) is 154 Å². The summed E-state index contributed by atoms with van der Waals surface area (Å²) in [6.07, 6.45) is 0. The van der Waals surface area contributed by atoms with Crippen LogP contribution in [-0.4, -0.2) is 106 Å². The van der Waals surface area contributed by atoms with Gasteiger partial charge in [-0.05, 0) is 65.6 Å². The summed E-state index contributed by atoms with van der Waals surface area (Å²) in [5, 5.41) is 14.9. The van der Waals surface area contributed by atoms with Crippen LogP contribution in [0, 0.1) is 10.1 Å². The molecule has 2 N–H and O–H groups in total. The molecule has 5 aromatic rings. The Morgan fingerprint density at radius 1 is 0.800 bits per heavy atom. The summed E-state index contributed by atoms with van der Waals surface area (Å²) in [6.45, 7) is 8.99. The fraction of sp³-hybridized carbons (Fsp3) is 0.289. The SMILES string of the molecule is CN(C(=O)Nc1ccc(S(=O)(=O)NC(=O)c2ccc(N3CCN(Cc4ccccc4-c4ccccc4)CC3)cc2)cc1[N+](=O)[O-])C(C)(CN1CCOCC1)c1ccccc1. The number of likely N-dealkylation sites (N-methyl/N-ethyl adjacent to an activating group) is 1. The number of benzene rings is 5. The lowest BCUT2D eigenvalue weighted by atomic mass is 9.89. The number of nitro groups is 1. The van der Waals surface area contributed by atoms with Gasteiger partial charge in [0.1, 0.15) is 5.69 Å². The van der Waals surface area contributed by atoms with Gasteiger partial charge in [0.05, 0.1) is 28.6 Å². The highest BCUT2D eigenvalue weighted by atomic mass is 32.2. The van der Waals surface area contributed by atoms with Crippen LogP contribution in [0.2, 0.25) is 0 Å². The van der Waals surface area contributed by atoms with Crippen molar-refractivity contribution in [3.8, 4) is 11.1 Å². The Kier molecular flexibility index (Phi) is 12.9. The second-order valence-corrected chi connectivity index (χ2v) is 16.9. The van der Waals surface area contributed by atoms with Gasteiger partial charge in [-0.1, -0.05) is 84.9 Å². The molecule has 0 saturated carbocycles. The molecule has 2 saturated heterocycles. The van der Waals surface area contributed by atoms with Gasteiger partial charge in [0.2, 0.25) is 0 Å². The molecule has 1 atom stereocenters. The Morgan fingerprint density at radius 2 is 1.43 bits per heavy atom. The first-order chi connectivity index (χ1) is 28.9. The molecule has 0 aliphatic carbocycles. The maximum atomic E-state index is 13.8. The minimum Gasteiger partial charge on any atom is -0.379 e. The lowest BCUT2D eigenvalue weighted by Crippen LogP contribution is -2.55. The molecule has 7 rings (SSSR count). The number of sulfonamides is 1. The maximum absolute atomic E-state index is 13.8. The molecule has 0 bridgehead atoms. The molecule has 0 radical (unpaired) electrons. The van der Waals surface area contributed by atoms with Crippen LogP contribution in [0.25, 0.3) is 11.1 Å². The highest BCUT2D eigenvalue weighted by Gasteiger charge is 2.37. The average Bonchev–Trinajstić information content (AvgIpc) is 3.27. The zero-order valence-corrected chi connectivity index (χ0v) is 34.5. The summed E-state index contributed by atoms with van der Waals surface area (Å²) in [6, 6.07) is 37.5. The van der Waals surface area contributed by atoms with Crippen molar-refractivity contribution in [2.45, 2.75) is 23.9 Å². The van der Waals surface area contributed by atoms with Crippen molar-refractivity contribution >= 4 is 39.0 Å². The number of hydrogen-bond acceptors (Lipinski definition) is 10. The number of carbonyl (C=O) groups excluding carboxylic acids is 2. The van der Waals surface area contributed by atoms with E-state index in [1.54, 1.807) is 31.3 Å². The molecule has 0 aromatic heterocycles. The summed E-state index contributed by atoms with van der Waals surface area (Å²) in [5.41, 5.74) is 3.88. The molecular formula is C45H49N7O7S. The number of amides is 3. The van der Waals surface area contributed by atoms with Crippen LogP contribution in [0.1, 0.15) is 28.4 Å². The first kappa shape index (κ1) is 42.0. The van der Waals surface area contributed by atoms with Crippen molar-refractivity contribution in [1.82, 2.24) is 19.4 Å². The third kappa shape index (κ3) is 9.66. The Bertz CT molecular complexity index is 2410. The molecule has 60 heavy (non-hydrogen) atoms. The fourth-order valence-corrected chi connectivity index (χ4v) is 8.76. The predicted octanol–water partition coefficient (Wildman–Crippen LogP) is 6.41. The van der Waals surface area contributed by atoms with E-state index in [-0.39, 0.29) is 11.3 Å². The van der Waals surface area contributed by atoms with Gasteiger partial charge in [0, 0.05) is 76.7 Å². The molecule has 5 aromatic carbocycles. The van der Waals surface area contributed by atoms with Crippen LogP contribution in [0.3, 0.4) is 0 Å². The van der Waals surface area contributed by atoms with Crippen molar-refractivity contribution in [2.75, 3.05) is 76.3 Å². The largest absolute Gasteiger partial charge is 0.379 e. The molecule has 1 unspecified atom stereocenters. The number of urea groups is 1. The normalized spacial score (nSPS) is 16.1. The van der Waals surface area contributed by atoms with Gasteiger partial charge in [0.25, 0.3) is 21.6 Å². The predicted molar refractivity (Wildman–Crippen MR) is 231 cm³/mol. The average molecular weight is 832 g/mol. The number of nitrogens with zero attached hydrogens (tertiary/aromatic N) is 5. The standard InChI is InChI=1S/C45H49N7O7S/c1-45(37-14-7-4-8-15-37,33-50-27-29-59-30-28-50)48(2)44(54)46-41-22-21-39(31-42(41)52(55)56)60(57,58)47-43(53)35-17-19-38(20-18-35)51-25-23-49(24-26-51)32-36-13-9-10-16-40(36)34-11-5-3-6-12-34/h3-22,31H,23-30,32-33H2,1-2H3,(H,46,54)(H,47,53). The summed E-state index contributed by atoms with van der Waals surface area (Å²) in [7, 11) is -2.93. The van der Waals surface area contributed by atoms with Crippen LogP contribution in [0.4, 0.5) is 21.9 Å². The molecule has 3 amide bonds. The van der Waals surface area contributed by atoms with E-state index in [1.165, 1.54) is 21.6 Å². The Balaban J connectivity index is 0.975. The Morgan fingerprint density at radius 3 is 2.10 bits per heavy atom. The van der Waals surface area contributed by atoms with Gasteiger partial charge < -0.3 is 19.9 Å². The van der Waals surface area contributed by atoms with E-state index < -0.39 is 43.0 Å². The molecule has 0 spiro atoms. The quantitative estimate of drug-likeness (QED) is 0.100. The lowest BCUT2D eigenvalue weighted by molar-refractivity contribution is -0.384. The van der Waals surface area contributed by atoms with E-state index in [0.717, 1.165) is 62.2 Å². The van der Waals surface area contributed by atoms with Crippen LogP contribution >= 0.6 is 0 Å². The highest BCUT2D eigenvalue weighted by Crippen LogP contribution is 2.33. The first-order valence-electron chi connectivity index (χ1n) is 19.9. The number of carbonyl (C=O) groups is 2. The van der Waals surface area contributed by atoms with Gasteiger partial charge >= 0.3 is 6.03 Å².